The van der Waals surface area contributed by atoms with E-state index in [1.54, 1.807) is 21.9 Å². The van der Waals surface area contributed by atoms with Gasteiger partial charge >= 0.3 is 0 Å². The van der Waals surface area contributed by atoms with Crippen LogP contribution in [0.15, 0.2) is 84.9 Å². The van der Waals surface area contributed by atoms with E-state index in [1.165, 1.54) is 39.4 Å². The predicted molar refractivity (Wildman–Crippen MR) is 130 cm³/mol. The van der Waals surface area contributed by atoms with Gasteiger partial charge in [0, 0.05) is 0 Å². The molecule has 0 nitrogen and oxygen atoms in total. The summed E-state index contributed by atoms with van der Waals surface area (Å²) >= 11 is 0. The minimum absolute atomic E-state index is 1.09. The molecule has 0 aliphatic heterocycles. The highest BCUT2D eigenvalue weighted by Crippen LogP contribution is 2.40. The largest absolute Gasteiger partial charge is 0.0853 e. The normalized spacial score (nSPS) is 13.5. The lowest BCUT2D eigenvalue weighted by Crippen LogP contribution is -2.46. The molecule has 0 saturated heterocycles. The van der Waals surface area contributed by atoms with Crippen molar-refractivity contribution < 1.29 is 0 Å². The quantitative estimate of drug-likeness (QED) is 0.295. The Kier molecular flexibility index (Phi) is 3.91. The first-order valence-electron chi connectivity index (χ1n) is 11.0. The first kappa shape index (κ1) is 17.9. The van der Waals surface area contributed by atoms with Gasteiger partial charge in [0.15, 0.2) is 0 Å². The van der Waals surface area contributed by atoms with Crippen molar-refractivity contribution in [3.8, 4) is 22.3 Å². The Morgan fingerprint density at radius 3 is 1.80 bits per heavy atom. The van der Waals surface area contributed by atoms with Crippen LogP contribution in [0.2, 0.25) is 13.1 Å². The molecule has 0 aromatic heterocycles. The van der Waals surface area contributed by atoms with Gasteiger partial charge in [-0.05, 0) is 69.0 Å². The van der Waals surface area contributed by atoms with Gasteiger partial charge < -0.3 is 0 Å². The van der Waals surface area contributed by atoms with E-state index in [-0.39, 0.29) is 0 Å². The number of rotatable bonds is 3. The second-order valence-corrected chi connectivity index (χ2v) is 14.2. The number of hydrogen-bond donors (Lipinski definition) is 0. The van der Waals surface area contributed by atoms with Gasteiger partial charge in [-0.15, -0.1) is 0 Å². The molecule has 0 unspecified atom stereocenters. The number of benzene rings is 4. The van der Waals surface area contributed by atoms with Crippen molar-refractivity contribution in [2.24, 2.45) is 0 Å². The lowest BCUT2D eigenvalue weighted by Gasteiger charge is -2.27. The van der Waals surface area contributed by atoms with E-state index in [0.29, 0.717) is 0 Å². The molecule has 4 aromatic rings. The van der Waals surface area contributed by atoms with Crippen LogP contribution in [0.3, 0.4) is 0 Å². The highest BCUT2D eigenvalue weighted by molar-refractivity contribution is 6.89. The summed E-state index contributed by atoms with van der Waals surface area (Å²) in [6, 6.07) is 33.1. The van der Waals surface area contributed by atoms with E-state index in [2.05, 4.69) is 98.0 Å². The predicted octanol–water partition coefficient (Wildman–Crippen LogP) is 6.53. The van der Waals surface area contributed by atoms with E-state index in [0.717, 1.165) is 12.8 Å². The molecule has 0 atom stereocenters. The van der Waals surface area contributed by atoms with Crippen LogP contribution in [0, 0.1) is 0 Å². The Morgan fingerprint density at radius 2 is 1.10 bits per heavy atom. The molecular weight excluding hydrogens is 376 g/mol. The van der Waals surface area contributed by atoms with Crippen molar-refractivity contribution in [1.82, 2.24) is 0 Å². The number of hydrogen-bond acceptors (Lipinski definition) is 0. The van der Waals surface area contributed by atoms with E-state index >= 15 is 0 Å². The van der Waals surface area contributed by atoms with Crippen LogP contribution < -0.4 is 5.19 Å². The zero-order valence-electron chi connectivity index (χ0n) is 17.7. The van der Waals surface area contributed by atoms with E-state index in [9.17, 15) is 0 Å². The molecule has 4 aromatic carbocycles. The molecule has 146 valence electrons. The molecule has 0 bridgehead atoms. The minimum Gasteiger partial charge on any atom is -0.0652 e. The summed E-state index contributed by atoms with van der Waals surface area (Å²) in [7, 11) is -1.66. The Morgan fingerprint density at radius 1 is 0.567 bits per heavy atom. The van der Waals surface area contributed by atoms with E-state index < -0.39 is 8.07 Å². The van der Waals surface area contributed by atoms with Crippen LogP contribution in [0.5, 0.6) is 0 Å². The lowest BCUT2D eigenvalue weighted by atomic mass is 10.0. The molecule has 6 rings (SSSR count). The van der Waals surface area contributed by atoms with Crippen LogP contribution >= 0.6 is 0 Å². The fraction of sp³-hybridized carbons (Fsp3) is 0.172. The highest BCUT2D eigenvalue weighted by atomic mass is 28.3. The maximum Gasteiger partial charge on any atom is 0.0853 e. The minimum atomic E-state index is -1.66. The summed E-state index contributed by atoms with van der Waals surface area (Å²) in [5.41, 5.74) is 13.5. The van der Waals surface area contributed by atoms with Crippen molar-refractivity contribution in [2.45, 2.75) is 32.0 Å². The molecule has 30 heavy (non-hydrogen) atoms. The van der Waals surface area contributed by atoms with Gasteiger partial charge in [0.05, 0.1) is 8.07 Å². The second kappa shape index (κ2) is 6.55. The summed E-state index contributed by atoms with van der Waals surface area (Å²) in [4.78, 5) is 0. The molecule has 0 fully saturated rings. The summed E-state index contributed by atoms with van der Waals surface area (Å²) < 4.78 is 0. The van der Waals surface area contributed by atoms with Crippen molar-refractivity contribution in [3.63, 3.8) is 0 Å². The van der Waals surface area contributed by atoms with Gasteiger partial charge in [-0.25, -0.2) is 0 Å². The molecule has 2 aliphatic rings. The summed E-state index contributed by atoms with van der Waals surface area (Å²) in [5, 5.41) is 1.64. The second-order valence-electron chi connectivity index (χ2n) is 9.50. The Bertz CT molecular complexity index is 1300. The molecule has 0 amide bonds. The molecule has 2 aliphatic carbocycles. The smallest absolute Gasteiger partial charge is 0.0652 e. The lowest BCUT2D eigenvalue weighted by molar-refractivity contribution is 1.18. The third kappa shape index (κ3) is 2.65. The maximum atomic E-state index is 2.56. The summed E-state index contributed by atoms with van der Waals surface area (Å²) in [6.45, 7) is 5.13. The molecule has 0 heterocycles. The average Bonchev–Trinajstić information content (AvgIpc) is 3.32. The van der Waals surface area contributed by atoms with Crippen LogP contribution in [-0.4, -0.2) is 8.07 Å². The third-order valence-corrected chi connectivity index (χ3v) is 10.4. The van der Waals surface area contributed by atoms with E-state index in [4.69, 9.17) is 0 Å². The van der Waals surface area contributed by atoms with Gasteiger partial charge in [-0.1, -0.05) is 103 Å². The van der Waals surface area contributed by atoms with Gasteiger partial charge in [0.1, 0.15) is 0 Å². The summed E-state index contributed by atoms with van der Waals surface area (Å²) in [6.07, 6.45) is 2.18. The van der Waals surface area contributed by atoms with Gasteiger partial charge in [0.25, 0.3) is 0 Å². The van der Waals surface area contributed by atoms with Crippen molar-refractivity contribution in [2.75, 3.05) is 0 Å². The topological polar surface area (TPSA) is 0 Å². The van der Waals surface area contributed by atoms with Gasteiger partial charge in [-0.3, -0.25) is 0 Å². The SMILES string of the molecule is C[Si](C)(Cc1cccc2c1Cc1ccccc1-2)c1cccc2c1Cc1ccccc1-2. The molecule has 0 radical (unpaired) electrons. The summed E-state index contributed by atoms with van der Waals surface area (Å²) in [5.74, 6) is 0. The maximum absolute atomic E-state index is 2.56. The van der Waals surface area contributed by atoms with Crippen LogP contribution in [0.1, 0.15) is 27.8 Å². The zero-order chi connectivity index (χ0) is 20.3. The molecular formula is C29H26Si. The van der Waals surface area contributed by atoms with Crippen LogP contribution in [-0.2, 0) is 18.9 Å². The van der Waals surface area contributed by atoms with E-state index in [1.807, 2.05) is 0 Å². The van der Waals surface area contributed by atoms with Crippen molar-refractivity contribution >= 4 is 13.3 Å². The standard InChI is InChI=1S/C29H26Si/c1-30(2,29-16-8-15-26-24-13-6-4-10-21(24)18-28(26)29)19-22-11-7-14-25-23-12-5-3-9-20(23)17-27(22)25/h3-16H,17-19H2,1-2H3. The Labute approximate surface area is 180 Å². The first-order chi connectivity index (χ1) is 14.6. The highest BCUT2D eigenvalue weighted by Gasteiger charge is 2.32. The Hall–Kier alpha value is -2.90. The van der Waals surface area contributed by atoms with Crippen molar-refractivity contribution in [3.05, 3.63) is 113 Å². The van der Waals surface area contributed by atoms with Crippen LogP contribution in [0.4, 0.5) is 0 Å². The zero-order valence-corrected chi connectivity index (χ0v) is 18.7. The van der Waals surface area contributed by atoms with Gasteiger partial charge in [0.2, 0.25) is 0 Å². The Balaban J connectivity index is 1.40. The molecule has 1 heteroatoms. The number of fused-ring (bicyclic) bond motifs is 6. The first-order valence-corrected chi connectivity index (χ1v) is 14.2. The molecule has 0 N–H and O–H groups in total. The van der Waals surface area contributed by atoms with Crippen LogP contribution in [0.25, 0.3) is 22.3 Å². The van der Waals surface area contributed by atoms with Gasteiger partial charge in [-0.2, -0.15) is 0 Å². The average molecular weight is 403 g/mol. The molecule has 0 saturated carbocycles. The molecule has 0 spiro atoms. The van der Waals surface area contributed by atoms with Crippen molar-refractivity contribution in [1.29, 1.82) is 0 Å². The third-order valence-electron chi connectivity index (χ3n) is 7.16. The fourth-order valence-electron chi connectivity index (χ4n) is 5.75. The monoisotopic (exact) mass is 402 g/mol. The fourth-order valence-corrected chi connectivity index (χ4v) is 8.81.